The number of fused-ring (bicyclic) bond motifs is 1. The summed E-state index contributed by atoms with van der Waals surface area (Å²) in [7, 11) is 1.57. The van der Waals surface area contributed by atoms with Gasteiger partial charge in [0.05, 0.1) is 35.9 Å². The summed E-state index contributed by atoms with van der Waals surface area (Å²) in [5.74, 6) is 1.24. The number of nitriles is 2. The summed E-state index contributed by atoms with van der Waals surface area (Å²) < 4.78 is 11.1. The van der Waals surface area contributed by atoms with Crippen LogP contribution in [0.25, 0.3) is 22.3 Å². The highest BCUT2D eigenvalue weighted by molar-refractivity contribution is 5.85. The Kier molecular flexibility index (Phi) is 3.06. The Labute approximate surface area is 121 Å². The first-order valence-corrected chi connectivity index (χ1v) is 6.27. The van der Waals surface area contributed by atoms with Gasteiger partial charge in [0.2, 0.25) is 0 Å². The highest BCUT2D eigenvalue weighted by atomic mass is 16.5. The Balaban J connectivity index is 2.21. The van der Waals surface area contributed by atoms with E-state index in [0.717, 1.165) is 5.39 Å². The third-order valence-corrected chi connectivity index (χ3v) is 3.24. The molecule has 4 nitrogen and oxygen atoms in total. The van der Waals surface area contributed by atoms with Crippen LogP contribution >= 0.6 is 0 Å². The van der Waals surface area contributed by atoms with Gasteiger partial charge in [-0.25, -0.2) is 0 Å². The van der Waals surface area contributed by atoms with Crippen molar-refractivity contribution in [3.8, 4) is 29.2 Å². The Morgan fingerprint density at radius 2 is 1.67 bits per heavy atom. The predicted molar refractivity (Wildman–Crippen MR) is 77.6 cm³/mol. The number of benzene rings is 2. The second-order valence-corrected chi connectivity index (χ2v) is 4.50. The topological polar surface area (TPSA) is 69.9 Å². The van der Waals surface area contributed by atoms with E-state index in [1.807, 2.05) is 6.07 Å². The molecule has 21 heavy (non-hydrogen) atoms. The van der Waals surface area contributed by atoms with Crippen molar-refractivity contribution < 1.29 is 9.15 Å². The Morgan fingerprint density at radius 1 is 0.952 bits per heavy atom. The van der Waals surface area contributed by atoms with E-state index >= 15 is 0 Å². The van der Waals surface area contributed by atoms with E-state index < -0.39 is 0 Å². The second kappa shape index (κ2) is 5.03. The molecule has 0 saturated carbocycles. The second-order valence-electron chi connectivity index (χ2n) is 4.50. The SMILES string of the molecule is COc1ccc(C#N)cc1-c1cc2cc(C#N)ccc2o1. The van der Waals surface area contributed by atoms with Gasteiger partial charge in [0, 0.05) is 5.39 Å². The van der Waals surface area contributed by atoms with Crippen molar-refractivity contribution in [3.63, 3.8) is 0 Å². The zero-order valence-corrected chi connectivity index (χ0v) is 11.3. The lowest BCUT2D eigenvalue weighted by atomic mass is 10.1. The molecule has 100 valence electrons. The number of hydrogen-bond donors (Lipinski definition) is 0. The minimum absolute atomic E-state index is 0.531. The first-order valence-electron chi connectivity index (χ1n) is 6.27. The molecule has 0 N–H and O–H groups in total. The van der Waals surface area contributed by atoms with Crippen molar-refractivity contribution in [1.82, 2.24) is 0 Å². The molecule has 0 bridgehead atoms. The van der Waals surface area contributed by atoms with Gasteiger partial charge in [0.25, 0.3) is 0 Å². The van der Waals surface area contributed by atoms with E-state index in [2.05, 4.69) is 12.1 Å². The third kappa shape index (κ3) is 2.20. The van der Waals surface area contributed by atoms with Crippen molar-refractivity contribution in [3.05, 3.63) is 53.6 Å². The fraction of sp³-hybridized carbons (Fsp3) is 0.0588. The molecule has 2 aromatic carbocycles. The smallest absolute Gasteiger partial charge is 0.139 e. The number of ether oxygens (including phenoxy) is 1. The molecule has 0 aliphatic heterocycles. The van der Waals surface area contributed by atoms with Gasteiger partial charge in [-0.3, -0.25) is 0 Å². The molecule has 3 rings (SSSR count). The summed E-state index contributed by atoms with van der Waals surface area (Å²) in [6.07, 6.45) is 0. The van der Waals surface area contributed by atoms with E-state index in [9.17, 15) is 0 Å². The average molecular weight is 274 g/mol. The number of methoxy groups -OCH3 is 1. The van der Waals surface area contributed by atoms with Crippen LogP contribution in [0.1, 0.15) is 11.1 Å². The molecule has 0 unspecified atom stereocenters. The fourth-order valence-corrected chi connectivity index (χ4v) is 2.22. The van der Waals surface area contributed by atoms with E-state index in [-0.39, 0.29) is 0 Å². The van der Waals surface area contributed by atoms with Crippen LogP contribution < -0.4 is 4.74 Å². The van der Waals surface area contributed by atoms with Gasteiger partial charge in [-0.05, 0) is 42.5 Å². The maximum Gasteiger partial charge on any atom is 0.139 e. The van der Waals surface area contributed by atoms with Crippen LogP contribution in [0, 0.1) is 22.7 Å². The van der Waals surface area contributed by atoms with Crippen LogP contribution in [-0.2, 0) is 0 Å². The van der Waals surface area contributed by atoms with Crippen molar-refractivity contribution in [2.75, 3.05) is 7.11 Å². The zero-order valence-electron chi connectivity index (χ0n) is 11.3. The molecule has 0 radical (unpaired) electrons. The monoisotopic (exact) mass is 274 g/mol. The molecule has 4 heteroatoms. The van der Waals surface area contributed by atoms with E-state index in [4.69, 9.17) is 19.7 Å². The molecule has 1 aromatic heterocycles. The molecule has 0 fully saturated rings. The Bertz CT molecular complexity index is 911. The highest BCUT2D eigenvalue weighted by Gasteiger charge is 2.12. The molecule has 0 aliphatic carbocycles. The number of nitrogens with zero attached hydrogens (tertiary/aromatic N) is 2. The predicted octanol–water partition coefficient (Wildman–Crippen LogP) is 3.85. The Hall–Kier alpha value is -3.24. The summed E-state index contributed by atoms with van der Waals surface area (Å²) >= 11 is 0. The lowest BCUT2D eigenvalue weighted by molar-refractivity contribution is 0.415. The largest absolute Gasteiger partial charge is 0.496 e. The van der Waals surface area contributed by atoms with Gasteiger partial charge in [-0.2, -0.15) is 10.5 Å². The Morgan fingerprint density at radius 3 is 2.38 bits per heavy atom. The van der Waals surface area contributed by atoms with Gasteiger partial charge in [-0.1, -0.05) is 0 Å². The number of hydrogen-bond acceptors (Lipinski definition) is 4. The summed E-state index contributed by atoms with van der Waals surface area (Å²) in [5.41, 5.74) is 2.51. The standard InChI is InChI=1S/C17H10N2O2/c1-20-16-5-3-12(10-19)7-14(16)17-8-13-6-11(9-18)2-4-15(13)21-17/h2-8H,1H3. The lowest BCUT2D eigenvalue weighted by Crippen LogP contribution is -1.88. The molecular formula is C17H10N2O2. The van der Waals surface area contributed by atoms with Crippen LogP contribution in [0.3, 0.4) is 0 Å². The molecule has 0 spiro atoms. The molecular weight excluding hydrogens is 264 g/mol. The minimum Gasteiger partial charge on any atom is -0.496 e. The third-order valence-electron chi connectivity index (χ3n) is 3.24. The van der Waals surface area contributed by atoms with Gasteiger partial charge >= 0.3 is 0 Å². The van der Waals surface area contributed by atoms with Crippen molar-refractivity contribution in [2.45, 2.75) is 0 Å². The maximum atomic E-state index is 9.02. The van der Waals surface area contributed by atoms with E-state index in [1.54, 1.807) is 43.5 Å². The fourth-order valence-electron chi connectivity index (χ4n) is 2.22. The van der Waals surface area contributed by atoms with Crippen molar-refractivity contribution >= 4 is 11.0 Å². The summed E-state index contributed by atoms with van der Waals surface area (Å²) in [6, 6.07) is 16.4. The van der Waals surface area contributed by atoms with Crippen LogP contribution in [0.4, 0.5) is 0 Å². The normalized spacial score (nSPS) is 10.0. The van der Waals surface area contributed by atoms with Crippen molar-refractivity contribution in [1.29, 1.82) is 10.5 Å². The minimum atomic E-state index is 0.531. The van der Waals surface area contributed by atoms with Gasteiger partial charge in [0.1, 0.15) is 17.1 Å². The van der Waals surface area contributed by atoms with Crippen molar-refractivity contribution in [2.24, 2.45) is 0 Å². The number of rotatable bonds is 2. The van der Waals surface area contributed by atoms with E-state index in [0.29, 0.717) is 33.8 Å². The summed E-state index contributed by atoms with van der Waals surface area (Å²) in [6.45, 7) is 0. The van der Waals surface area contributed by atoms with E-state index in [1.165, 1.54) is 0 Å². The number of furan rings is 1. The highest BCUT2D eigenvalue weighted by Crippen LogP contribution is 2.35. The zero-order chi connectivity index (χ0) is 14.8. The quantitative estimate of drug-likeness (QED) is 0.711. The summed E-state index contributed by atoms with van der Waals surface area (Å²) in [5, 5.41) is 18.8. The van der Waals surface area contributed by atoms with Gasteiger partial charge in [-0.15, -0.1) is 0 Å². The van der Waals surface area contributed by atoms with Crippen LogP contribution in [0.15, 0.2) is 46.9 Å². The van der Waals surface area contributed by atoms with Crippen LogP contribution in [0.5, 0.6) is 5.75 Å². The molecule has 3 aromatic rings. The lowest BCUT2D eigenvalue weighted by Gasteiger charge is -2.05. The summed E-state index contributed by atoms with van der Waals surface area (Å²) in [4.78, 5) is 0. The molecule has 0 atom stereocenters. The van der Waals surface area contributed by atoms with Crippen LogP contribution in [-0.4, -0.2) is 7.11 Å². The first-order chi connectivity index (χ1) is 10.2. The molecule has 0 aliphatic rings. The van der Waals surface area contributed by atoms with Gasteiger partial charge < -0.3 is 9.15 Å². The maximum absolute atomic E-state index is 9.02. The van der Waals surface area contributed by atoms with Gasteiger partial charge in [0.15, 0.2) is 0 Å². The first kappa shape index (κ1) is 12.8. The molecule has 1 heterocycles. The average Bonchev–Trinajstić information content (AvgIpc) is 2.96. The molecule has 0 amide bonds. The molecule has 0 saturated heterocycles. The van der Waals surface area contributed by atoms with Crippen LogP contribution in [0.2, 0.25) is 0 Å².